The average Bonchev–Trinajstić information content (AvgIpc) is 1.63. The molecule has 53 valence electrons. The van der Waals surface area contributed by atoms with Crippen molar-refractivity contribution in [3.8, 4) is 0 Å². The van der Waals surface area contributed by atoms with Crippen molar-refractivity contribution in [1.29, 1.82) is 0 Å². The average molecular weight is 149 g/mol. The van der Waals surface area contributed by atoms with Crippen LogP contribution in [0.3, 0.4) is 0 Å². The van der Waals surface area contributed by atoms with E-state index in [1.165, 1.54) is 6.08 Å². The number of allylic oxidation sites excluding steroid dienone is 1. The molecule has 0 saturated heterocycles. The quantitative estimate of drug-likeness (QED) is 0.471. The first-order valence-corrected chi connectivity index (χ1v) is 4.16. The molecule has 1 radical (unpaired) electrons. The Bertz CT molecular complexity index is 169. The molecule has 0 bridgehead atoms. The van der Waals surface area contributed by atoms with E-state index in [-0.39, 0.29) is 5.75 Å². The van der Waals surface area contributed by atoms with Gasteiger partial charge in [-0.3, -0.25) is 4.55 Å². The molecule has 0 heterocycles. The van der Waals surface area contributed by atoms with Gasteiger partial charge in [-0.2, -0.15) is 8.42 Å². The molecule has 0 aliphatic rings. The van der Waals surface area contributed by atoms with E-state index in [2.05, 4.69) is 0 Å². The van der Waals surface area contributed by atoms with E-state index < -0.39 is 10.1 Å². The number of unbranched alkanes of at least 4 members (excludes halogenated alkanes) is 1. The first-order chi connectivity index (χ1) is 4.06. The lowest BCUT2D eigenvalue weighted by atomic mass is 10.3. The summed E-state index contributed by atoms with van der Waals surface area (Å²) in [7, 11) is -3.77. The normalized spacial score (nSPS) is 11.2. The first-order valence-electron chi connectivity index (χ1n) is 2.55. The molecule has 0 aromatic carbocycles. The van der Waals surface area contributed by atoms with E-state index in [4.69, 9.17) is 11.1 Å². The minimum Gasteiger partial charge on any atom is -0.286 e. The molecule has 0 spiro atoms. The summed E-state index contributed by atoms with van der Waals surface area (Å²) in [5, 5.41) is 0. The predicted octanol–water partition coefficient (Wildman–Crippen LogP) is 0.644. The largest absolute Gasteiger partial charge is 0.286 e. The van der Waals surface area contributed by atoms with Crippen molar-refractivity contribution in [2.45, 2.75) is 12.8 Å². The Morgan fingerprint density at radius 2 is 2.11 bits per heavy atom. The van der Waals surface area contributed by atoms with Gasteiger partial charge in [0.25, 0.3) is 10.1 Å². The number of rotatable bonds is 4. The standard InChI is InChI=1S/C5H9O3S/c1-2-3-4-5-9(6,7)8/h1-2H,3-5H2,(H,6,7,8). The molecule has 0 amide bonds. The van der Waals surface area contributed by atoms with Crippen molar-refractivity contribution < 1.29 is 13.0 Å². The minimum atomic E-state index is -3.77. The van der Waals surface area contributed by atoms with Gasteiger partial charge in [0.1, 0.15) is 0 Å². The zero-order chi connectivity index (χ0) is 7.33. The molecule has 0 atom stereocenters. The third kappa shape index (κ3) is 7.65. The van der Waals surface area contributed by atoms with Gasteiger partial charge in [0.15, 0.2) is 0 Å². The molecular formula is C5H9O3S. The smallest absolute Gasteiger partial charge is 0.264 e. The van der Waals surface area contributed by atoms with Gasteiger partial charge in [0.05, 0.1) is 5.75 Å². The summed E-state index contributed by atoms with van der Waals surface area (Å²) in [5.74, 6) is -0.208. The van der Waals surface area contributed by atoms with Gasteiger partial charge in [0, 0.05) is 0 Å². The monoisotopic (exact) mass is 149 g/mol. The van der Waals surface area contributed by atoms with E-state index in [9.17, 15) is 8.42 Å². The summed E-state index contributed by atoms with van der Waals surface area (Å²) < 4.78 is 28.2. The van der Waals surface area contributed by atoms with Crippen LogP contribution in [0.4, 0.5) is 0 Å². The maximum absolute atomic E-state index is 10.0. The fraction of sp³-hybridized carbons (Fsp3) is 0.600. The van der Waals surface area contributed by atoms with E-state index in [0.29, 0.717) is 12.8 Å². The highest BCUT2D eigenvalue weighted by atomic mass is 32.2. The van der Waals surface area contributed by atoms with Gasteiger partial charge in [-0.05, 0) is 12.8 Å². The Morgan fingerprint density at radius 3 is 2.44 bits per heavy atom. The Morgan fingerprint density at radius 1 is 1.56 bits per heavy atom. The molecule has 4 heteroatoms. The van der Waals surface area contributed by atoms with E-state index in [0.717, 1.165) is 0 Å². The van der Waals surface area contributed by atoms with Gasteiger partial charge < -0.3 is 0 Å². The van der Waals surface area contributed by atoms with Crippen LogP contribution >= 0.6 is 0 Å². The van der Waals surface area contributed by atoms with Crippen molar-refractivity contribution in [1.82, 2.24) is 0 Å². The van der Waals surface area contributed by atoms with Crippen molar-refractivity contribution in [2.24, 2.45) is 0 Å². The fourth-order valence-corrected chi connectivity index (χ4v) is 0.915. The SMILES string of the molecule is [CH]=CCCCS(=O)(=O)O. The summed E-state index contributed by atoms with van der Waals surface area (Å²) in [6.07, 6.45) is 2.26. The van der Waals surface area contributed by atoms with Gasteiger partial charge in [-0.25, -0.2) is 0 Å². The predicted molar refractivity (Wildman–Crippen MR) is 34.5 cm³/mol. The Labute approximate surface area is 55.1 Å². The van der Waals surface area contributed by atoms with Crippen molar-refractivity contribution in [3.05, 3.63) is 12.7 Å². The van der Waals surface area contributed by atoms with Crippen LogP contribution in [-0.4, -0.2) is 18.7 Å². The molecule has 0 rings (SSSR count). The van der Waals surface area contributed by atoms with Crippen LogP contribution in [-0.2, 0) is 10.1 Å². The second-order valence-electron chi connectivity index (χ2n) is 1.66. The first kappa shape index (κ1) is 8.65. The van der Waals surface area contributed by atoms with Crippen molar-refractivity contribution >= 4 is 10.1 Å². The second-order valence-corrected chi connectivity index (χ2v) is 3.24. The highest BCUT2D eigenvalue weighted by molar-refractivity contribution is 7.85. The second kappa shape index (κ2) is 3.63. The van der Waals surface area contributed by atoms with Crippen LogP contribution in [0, 0.1) is 6.58 Å². The third-order valence-corrected chi connectivity index (χ3v) is 1.58. The van der Waals surface area contributed by atoms with E-state index in [1.807, 2.05) is 0 Å². The molecule has 0 aromatic rings. The van der Waals surface area contributed by atoms with Crippen LogP contribution in [0.15, 0.2) is 6.08 Å². The summed E-state index contributed by atoms with van der Waals surface area (Å²) >= 11 is 0. The van der Waals surface area contributed by atoms with Crippen molar-refractivity contribution in [3.63, 3.8) is 0 Å². The molecule has 1 N–H and O–H groups in total. The summed E-state index contributed by atoms with van der Waals surface area (Å²) in [5.41, 5.74) is 0. The van der Waals surface area contributed by atoms with Crippen molar-refractivity contribution in [2.75, 3.05) is 5.75 Å². The molecule has 0 unspecified atom stereocenters. The van der Waals surface area contributed by atoms with Gasteiger partial charge in [-0.1, -0.05) is 12.7 Å². The van der Waals surface area contributed by atoms with Crippen LogP contribution in [0.5, 0.6) is 0 Å². The van der Waals surface area contributed by atoms with E-state index >= 15 is 0 Å². The van der Waals surface area contributed by atoms with Crippen LogP contribution < -0.4 is 0 Å². The number of hydrogen-bond donors (Lipinski definition) is 1. The zero-order valence-electron chi connectivity index (χ0n) is 4.95. The molecule has 0 saturated carbocycles. The Balaban J connectivity index is 3.40. The topological polar surface area (TPSA) is 54.4 Å². The molecule has 3 nitrogen and oxygen atoms in total. The highest BCUT2D eigenvalue weighted by Gasteiger charge is 2.00. The molecular weight excluding hydrogens is 140 g/mol. The van der Waals surface area contributed by atoms with Gasteiger partial charge in [-0.15, -0.1) is 0 Å². The summed E-state index contributed by atoms with van der Waals surface area (Å²) in [6, 6.07) is 0. The lowest BCUT2D eigenvalue weighted by Gasteiger charge is -1.90. The third-order valence-electron chi connectivity index (χ3n) is 0.773. The van der Waals surface area contributed by atoms with E-state index in [1.54, 1.807) is 0 Å². The molecule has 0 aliphatic carbocycles. The minimum absolute atomic E-state index is 0.208. The molecule has 0 fully saturated rings. The lowest BCUT2D eigenvalue weighted by Crippen LogP contribution is -2.02. The lowest BCUT2D eigenvalue weighted by molar-refractivity contribution is 0.481. The van der Waals surface area contributed by atoms with Gasteiger partial charge >= 0.3 is 0 Å². The summed E-state index contributed by atoms with van der Waals surface area (Å²) in [6.45, 7) is 4.96. The Hall–Kier alpha value is -0.350. The maximum atomic E-state index is 10.0. The molecule has 0 aromatic heterocycles. The Kier molecular flexibility index (Phi) is 3.49. The fourth-order valence-electron chi connectivity index (χ4n) is 0.384. The number of hydrogen-bond acceptors (Lipinski definition) is 2. The molecule has 9 heavy (non-hydrogen) atoms. The highest BCUT2D eigenvalue weighted by Crippen LogP contribution is 1.92. The zero-order valence-corrected chi connectivity index (χ0v) is 5.76. The summed E-state index contributed by atoms with van der Waals surface area (Å²) in [4.78, 5) is 0. The van der Waals surface area contributed by atoms with Gasteiger partial charge in [0.2, 0.25) is 0 Å². The van der Waals surface area contributed by atoms with Crippen LogP contribution in [0.25, 0.3) is 0 Å². The maximum Gasteiger partial charge on any atom is 0.264 e. The van der Waals surface area contributed by atoms with Crippen LogP contribution in [0.1, 0.15) is 12.8 Å². The van der Waals surface area contributed by atoms with Crippen LogP contribution in [0.2, 0.25) is 0 Å². The molecule has 0 aliphatic heterocycles.